The fraction of sp³-hybridized carbons (Fsp3) is 0.231. The van der Waals surface area contributed by atoms with Crippen LogP contribution in [-0.4, -0.2) is 27.7 Å². The van der Waals surface area contributed by atoms with Gasteiger partial charge in [-0.2, -0.15) is 0 Å². The van der Waals surface area contributed by atoms with E-state index in [0.29, 0.717) is 18.2 Å². The minimum absolute atomic E-state index is 0.0317. The highest BCUT2D eigenvalue weighted by Crippen LogP contribution is 2.20. The van der Waals surface area contributed by atoms with E-state index in [-0.39, 0.29) is 11.8 Å². The van der Waals surface area contributed by atoms with E-state index in [1.165, 1.54) is 0 Å². The Morgan fingerprint density at radius 3 is 2.67 bits per heavy atom. The molecular formula is C13H15N3O2. The summed E-state index contributed by atoms with van der Waals surface area (Å²) < 4.78 is 5.38. The zero-order chi connectivity index (χ0) is 13.0. The molecule has 1 heterocycles. The number of benzene rings is 1. The Kier molecular flexibility index (Phi) is 3.74. The van der Waals surface area contributed by atoms with Crippen LogP contribution in [0.3, 0.4) is 0 Å². The number of nitrogens with zero attached hydrogens (tertiary/aromatic N) is 2. The van der Waals surface area contributed by atoms with Crippen LogP contribution in [0.5, 0.6) is 11.5 Å². The van der Waals surface area contributed by atoms with Gasteiger partial charge in [0.2, 0.25) is 0 Å². The Labute approximate surface area is 105 Å². The first-order valence-electron chi connectivity index (χ1n) is 5.65. The standard InChI is InChI=1S/C13H15N3O2/c1-9(14)8-18-12-6-15-13(16-7-12)10-3-2-4-11(17)5-10/h2-7,9,17H,8,14H2,1H3. The van der Waals surface area contributed by atoms with Crippen LogP contribution >= 0.6 is 0 Å². The lowest BCUT2D eigenvalue weighted by Crippen LogP contribution is -2.23. The first-order valence-corrected chi connectivity index (χ1v) is 5.65. The molecule has 18 heavy (non-hydrogen) atoms. The monoisotopic (exact) mass is 245 g/mol. The number of aromatic hydroxyl groups is 1. The van der Waals surface area contributed by atoms with Crippen LogP contribution in [0.4, 0.5) is 0 Å². The fourth-order valence-corrected chi connectivity index (χ4v) is 1.41. The molecule has 5 heteroatoms. The number of phenolic OH excluding ortho intramolecular Hbond substituents is 1. The summed E-state index contributed by atoms with van der Waals surface area (Å²) in [5.74, 6) is 1.31. The van der Waals surface area contributed by atoms with Gasteiger partial charge in [0.1, 0.15) is 12.4 Å². The van der Waals surface area contributed by atoms with Gasteiger partial charge in [0.05, 0.1) is 12.4 Å². The van der Waals surface area contributed by atoms with Crippen LogP contribution in [0.15, 0.2) is 36.7 Å². The van der Waals surface area contributed by atoms with Crippen molar-refractivity contribution >= 4 is 0 Å². The molecule has 0 saturated carbocycles. The molecule has 2 rings (SSSR count). The van der Waals surface area contributed by atoms with Gasteiger partial charge in [-0.25, -0.2) is 9.97 Å². The number of rotatable bonds is 4. The molecule has 94 valence electrons. The summed E-state index contributed by atoms with van der Waals surface area (Å²) in [5, 5.41) is 9.38. The molecular weight excluding hydrogens is 230 g/mol. The zero-order valence-electron chi connectivity index (χ0n) is 10.1. The van der Waals surface area contributed by atoms with Gasteiger partial charge < -0.3 is 15.6 Å². The van der Waals surface area contributed by atoms with Crippen molar-refractivity contribution in [3.63, 3.8) is 0 Å². The van der Waals surface area contributed by atoms with E-state index in [0.717, 1.165) is 5.56 Å². The van der Waals surface area contributed by atoms with Crippen molar-refractivity contribution in [2.75, 3.05) is 6.61 Å². The maximum Gasteiger partial charge on any atom is 0.159 e. The molecule has 0 spiro atoms. The number of hydrogen-bond donors (Lipinski definition) is 2. The molecule has 0 bridgehead atoms. The second kappa shape index (κ2) is 5.46. The first kappa shape index (κ1) is 12.3. The van der Waals surface area contributed by atoms with E-state index in [4.69, 9.17) is 10.5 Å². The second-order valence-electron chi connectivity index (χ2n) is 4.08. The molecule has 0 fully saturated rings. The van der Waals surface area contributed by atoms with Gasteiger partial charge in [-0.1, -0.05) is 12.1 Å². The number of hydrogen-bond acceptors (Lipinski definition) is 5. The van der Waals surface area contributed by atoms with E-state index < -0.39 is 0 Å². The maximum atomic E-state index is 9.38. The van der Waals surface area contributed by atoms with Gasteiger partial charge in [-0.3, -0.25) is 0 Å². The third kappa shape index (κ3) is 3.18. The van der Waals surface area contributed by atoms with Crippen LogP contribution in [0.25, 0.3) is 11.4 Å². The topological polar surface area (TPSA) is 81.3 Å². The Morgan fingerprint density at radius 2 is 2.06 bits per heavy atom. The quantitative estimate of drug-likeness (QED) is 0.854. The summed E-state index contributed by atoms with van der Waals surface area (Å²) in [4.78, 5) is 8.36. The van der Waals surface area contributed by atoms with Crippen molar-refractivity contribution in [2.24, 2.45) is 5.73 Å². The fourth-order valence-electron chi connectivity index (χ4n) is 1.41. The van der Waals surface area contributed by atoms with Crippen molar-refractivity contribution in [3.8, 4) is 22.9 Å². The van der Waals surface area contributed by atoms with E-state index >= 15 is 0 Å². The molecule has 5 nitrogen and oxygen atoms in total. The largest absolute Gasteiger partial charge is 0.508 e. The molecule has 1 atom stereocenters. The number of aromatic nitrogens is 2. The zero-order valence-corrected chi connectivity index (χ0v) is 10.1. The normalized spacial score (nSPS) is 12.1. The number of phenols is 1. The SMILES string of the molecule is CC(N)COc1cnc(-c2cccc(O)c2)nc1. The van der Waals surface area contributed by atoms with Crippen LogP contribution < -0.4 is 10.5 Å². The minimum Gasteiger partial charge on any atom is -0.508 e. The summed E-state index contributed by atoms with van der Waals surface area (Å²) in [7, 11) is 0. The summed E-state index contributed by atoms with van der Waals surface area (Å²) in [5.41, 5.74) is 6.34. The number of nitrogens with two attached hydrogens (primary N) is 1. The molecule has 1 unspecified atom stereocenters. The predicted molar refractivity (Wildman–Crippen MR) is 68.3 cm³/mol. The van der Waals surface area contributed by atoms with E-state index in [1.807, 2.05) is 13.0 Å². The van der Waals surface area contributed by atoms with Gasteiger partial charge in [-0.15, -0.1) is 0 Å². The summed E-state index contributed by atoms with van der Waals surface area (Å²) in [6.45, 7) is 2.29. The van der Waals surface area contributed by atoms with Crippen molar-refractivity contribution in [1.82, 2.24) is 9.97 Å². The average Bonchev–Trinajstić information content (AvgIpc) is 2.37. The molecule has 0 aliphatic carbocycles. The molecule has 0 radical (unpaired) electrons. The van der Waals surface area contributed by atoms with Crippen LogP contribution in [0, 0.1) is 0 Å². The predicted octanol–water partition coefficient (Wildman–Crippen LogP) is 1.58. The first-order chi connectivity index (χ1) is 8.65. The van der Waals surface area contributed by atoms with Gasteiger partial charge in [-0.05, 0) is 19.1 Å². The molecule has 3 N–H and O–H groups in total. The molecule has 0 saturated heterocycles. The van der Waals surface area contributed by atoms with E-state index in [2.05, 4.69) is 9.97 Å². The summed E-state index contributed by atoms with van der Waals surface area (Å²) >= 11 is 0. The highest BCUT2D eigenvalue weighted by atomic mass is 16.5. The lowest BCUT2D eigenvalue weighted by Gasteiger charge is -2.08. The van der Waals surface area contributed by atoms with Crippen LogP contribution in [0.2, 0.25) is 0 Å². The molecule has 0 amide bonds. The van der Waals surface area contributed by atoms with Gasteiger partial charge in [0, 0.05) is 11.6 Å². The van der Waals surface area contributed by atoms with E-state index in [1.54, 1.807) is 30.6 Å². The highest BCUT2D eigenvalue weighted by molar-refractivity contribution is 5.57. The van der Waals surface area contributed by atoms with Crippen LogP contribution in [-0.2, 0) is 0 Å². The van der Waals surface area contributed by atoms with Gasteiger partial charge >= 0.3 is 0 Å². The summed E-state index contributed by atoms with van der Waals surface area (Å²) in [6.07, 6.45) is 3.18. The molecule has 0 aliphatic rings. The molecule has 1 aromatic carbocycles. The third-order valence-corrected chi connectivity index (χ3v) is 2.25. The van der Waals surface area contributed by atoms with Crippen LogP contribution in [0.1, 0.15) is 6.92 Å². The molecule has 1 aromatic heterocycles. The highest BCUT2D eigenvalue weighted by Gasteiger charge is 2.03. The van der Waals surface area contributed by atoms with Crippen molar-refractivity contribution < 1.29 is 9.84 Å². The van der Waals surface area contributed by atoms with Gasteiger partial charge in [0.15, 0.2) is 11.6 Å². The second-order valence-corrected chi connectivity index (χ2v) is 4.08. The van der Waals surface area contributed by atoms with Gasteiger partial charge in [0.25, 0.3) is 0 Å². The smallest absolute Gasteiger partial charge is 0.159 e. The average molecular weight is 245 g/mol. The Balaban J connectivity index is 2.12. The lowest BCUT2D eigenvalue weighted by molar-refractivity contribution is 0.294. The minimum atomic E-state index is -0.0317. The Hall–Kier alpha value is -2.14. The number of ether oxygens (including phenoxy) is 1. The van der Waals surface area contributed by atoms with Crippen molar-refractivity contribution in [1.29, 1.82) is 0 Å². The van der Waals surface area contributed by atoms with E-state index in [9.17, 15) is 5.11 Å². The molecule has 2 aromatic rings. The maximum absolute atomic E-state index is 9.38. The summed E-state index contributed by atoms with van der Waals surface area (Å²) in [6, 6.07) is 6.75. The Morgan fingerprint density at radius 1 is 1.33 bits per heavy atom. The third-order valence-electron chi connectivity index (χ3n) is 2.25. The Bertz CT molecular complexity index is 512. The lowest BCUT2D eigenvalue weighted by atomic mass is 10.2. The molecule has 0 aliphatic heterocycles. The van der Waals surface area contributed by atoms with Crippen molar-refractivity contribution in [2.45, 2.75) is 13.0 Å². The van der Waals surface area contributed by atoms with Crippen molar-refractivity contribution in [3.05, 3.63) is 36.7 Å².